The summed E-state index contributed by atoms with van der Waals surface area (Å²) < 4.78 is 5.79. The van der Waals surface area contributed by atoms with Gasteiger partial charge in [-0.25, -0.2) is 0 Å². The molecule has 0 heterocycles. The van der Waals surface area contributed by atoms with Crippen LogP contribution in [-0.4, -0.2) is 6.61 Å². The molecule has 0 saturated heterocycles. The number of benzene rings is 1. The fraction of sp³-hybridized carbons (Fsp3) is 0.600. The van der Waals surface area contributed by atoms with Gasteiger partial charge in [0.05, 0.1) is 6.61 Å². The maximum absolute atomic E-state index is 5.79. The highest BCUT2D eigenvalue weighted by atomic mass is 16.5. The predicted octanol–water partition coefficient (Wildman–Crippen LogP) is 4.54. The Morgan fingerprint density at radius 3 is 2.31 bits per heavy atom. The summed E-state index contributed by atoms with van der Waals surface area (Å²) in [5.74, 6) is 2.28. The molecule has 0 aliphatic carbocycles. The average Bonchev–Trinajstić information content (AvgIpc) is 2.16. The van der Waals surface area contributed by atoms with Crippen molar-refractivity contribution in [3.8, 4) is 5.75 Å². The third-order valence-corrected chi connectivity index (χ3v) is 2.70. The minimum atomic E-state index is 0.562. The quantitative estimate of drug-likeness (QED) is 0.707. The van der Waals surface area contributed by atoms with Crippen LogP contribution in [0.5, 0.6) is 5.75 Å². The van der Waals surface area contributed by atoms with E-state index in [1.165, 1.54) is 11.1 Å². The van der Waals surface area contributed by atoms with Crippen molar-refractivity contribution in [1.29, 1.82) is 0 Å². The van der Waals surface area contributed by atoms with Gasteiger partial charge in [0.25, 0.3) is 0 Å². The molecule has 0 aliphatic heterocycles. The lowest BCUT2D eigenvalue weighted by Gasteiger charge is -2.12. The van der Waals surface area contributed by atoms with E-state index >= 15 is 0 Å². The second kappa shape index (κ2) is 5.93. The molecule has 0 saturated carbocycles. The molecule has 1 aromatic carbocycles. The predicted molar refractivity (Wildman–Crippen MR) is 70.2 cm³/mol. The lowest BCUT2D eigenvalue weighted by Crippen LogP contribution is -2.02. The SMILES string of the molecule is Cc1cc(OCCC(C)C)cc(C(C)C)c1. The van der Waals surface area contributed by atoms with Crippen LogP contribution in [0.3, 0.4) is 0 Å². The summed E-state index contributed by atoms with van der Waals surface area (Å²) in [7, 11) is 0. The zero-order valence-corrected chi connectivity index (χ0v) is 11.2. The topological polar surface area (TPSA) is 9.23 Å². The summed E-state index contributed by atoms with van der Waals surface area (Å²) in [5.41, 5.74) is 2.64. The minimum Gasteiger partial charge on any atom is -0.494 e. The van der Waals surface area contributed by atoms with Crippen LogP contribution in [0.2, 0.25) is 0 Å². The Morgan fingerprint density at radius 1 is 1.06 bits per heavy atom. The van der Waals surface area contributed by atoms with Gasteiger partial charge in [0.15, 0.2) is 0 Å². The Kier molecular flexibility index (Phi) is 4.85. The number of hydrogen-bond donors (Lipinski definition) is 0. The number of ether oxygens (including phenoxy) is 1. The molecule has 16 heavy (non-hydrogen) atoms. The Bertz CT molecular complexity index is 326. The van der Waals surface area contributed by atoms with Crippen LogP contribution in [0, 0.1) is 12.8 Å². The molecular formula is C15H24O. The van der Waals surface area contributed by atoms with E-state index < -0.39 is 0 Å². The van der Waals surface area contributed by atoms with E-state index in [4.69, 9.17) is 4.74 Å². The van der Waals surface area contributed by atoms with Gasteiger partial charge < -0.3 is 4.74 Å². The summed E-state index contributed by atoms with van der Waals surface area (Å²) >= 11 is 0. The fourth-order valence-electron chi connectivity index (χ4n) is 1.61. The van der Waals surface area contributed by atoms with Gasteiger partial charge in [0.1, 0.15) is 5.75 Å². The molecule has 1 nitrogen and oxygen atoms in total. The van der Waals surface area contributed by atoms with Gasteiger partial charge in [-0.05, 0) is 48.4 Å². The van der Waals surface area contributed by atoms with Gasteiger partial charge >= 0.3 is 0 Å². The molecule has 1 heteroatoms. The van der Waals surface area contributed by atoms with Crippen LogP contribution >= 0.6 is 0 Å². The molecule has 0 radical (unpaired) electrons. The van der Waals surface area contributed by atoms with E-state index in [0.717, 1.165) is 18.8 Å². The smallest absolute Gasteiger partial charge is 0.119 e. The highest BCUT2D eigenvalue weighted by Crippen LogP contribution is 2.23. The Hall–Kier alpha value is -0.980. The summed E-state index contributed by atoms with van der Waals surface area (Å²) in [6, 6.07) is 6.52. The van der Waals surface area contributed by atoms with Crippen molar-refractivity contribution in [2.45, 2.75) is 47.0 Å². The van der Waals surface area contributed by atoms with E-state index in [1.54, 1.807) is 0 Å². The van der Waals surface area contributed by atoms with E-state index in [0.29, 0.717) is 11.8 Å². The number of aryl methyl sites for hydroxylation is 1. The van der Waals surface area contributed by atoms with Crippen molar-refractivity contribution in [2.75, 3.05) is 6.61 Å². The van der Waals surface area contributed by atoms with E-state index in [2.05, 4.69) is 52.8 Å². The molecule has 0 amide bonds. The third-order valence-electron chi connectivity index (χ3n) is 2.70. The second-order valence-electron chi connectivity index (χ2n) is 5.27. The Morgan fingerprint density at radius 2 is 1.75 bits per heavy atom. The van der Waals surface area contributed by atoms with Crippen molar-refractivity contribution in [1.82, 2.24) is 0 Å². The Labute approximate surface area is 99.8 Å². The van der Waals surface area contributed by atoms with Gasteiger partial charge in [-0.15, -0.1) is 0 Å². The van der Waals surface area contributed by atoms with Crippen LogP contribution in [0.4, 0.5) is 0 Å². The molecule has 0 fully saturated rings. The zero-order chi connectivity index (χ0) is 12.1. The van der Waals surface area contributed by atoms with Crippen LogP contribution in [0.15, 0.2) is 18.2 Å². The van der Waals surface area contributed by atoms with Crippen molar-refractivity contribution < 1.29 is 4.74 Å². The molecule has 0 N–H and O–H groups in total. The van der Waals surface area contributed by atoms with Crippen molar-refractivity contribution in [2.24, 2.45) is 5.92 Å². The molecular weight excluding hydrogens is 196 g/mol. The summed E-state index contributed by atoms with van der Waals surface area (Å²) in [6.45, 7) is 11.8. The maximum Gasteiger partial charge on any atom is 0.119 e. The first-order valence-corrected chi connectivity index (χ1v) is 6.23. The van der Waals surface area contributed by atoms with Crippen molar-refractivity contribution in [3.63, 3.8) is 0 Å². The number of hydrogen-bond acceptors (Lipinski definition) is 1. The van der Waals surface area contributed by atoms with Gasteiger partial charge in [-0.1, -0.05) is 33.8 Å². The molecule has 1 aromatic rings. The lowest BCUT2D eigenvalue weighted by molar-refractivity contribution is 0.289. The van der Waals surface area contributed by atoms with E-state index in [-0.39, 0.29) is 0 Å². The van der Waals surface area contributed by atoms with Crippen molar-refractivity contribution >= 4 is 0 Å². The molecule has 0 aromatic heterocycles. The first kappa shape index (κ1) is 13.1. The van der Waals surface area contributed by atoms with Crippen LogP contribution in [0.1, 0.15) is 51.2 Å². The molecule has 0 atom stereocenters. The first-order valence-electron chi connectivity index (χ1n) is 6.23. The minimum absolute atomic E-state index is 0.562. The standard InChI is InChI=1S/C15H24O/c1-11(2)6-7-16-15-9-13(5)8-14(10-15)12(3)4/h8-12H,6-7H2,1-5H3. The van der Waals surface area contributed by atoms with Crippen LogP contribution in [0.25, 0.3) is 0 Å². The van der Waals surface area contributed by atoms with Gasteiger partial charge in [0, 0.05) is 0 Å². The highest BCUT2D eigenvalue weighted by Gasteiger charge is 2.03. The fourth-order valence-corrected chi connectivity index (χ4v) is 1.61. The summed E-state index contributed by atoms with van der Waals surface area (Å²) in [6.07, 6.45) is 1.12. The zero-order valence-electron chi connectivity index (χ0n) is 11.2. The molecule has 0 spiro atoms. The van der Waals surface area contributed by atoms with Crippen LogP contribution < -0.4 is 4.74 Å². The first-order chi connectivity index (χ1) is 7.49. The highest BCUT2D eigenvalue weighted by molar-refractivity contribution is 5.35. The largest absolute Gasteiger partial charge is 0.494 e. The van der Waals surface area contributed by atoms with Gasteiger partial charge in [-0.2, -0.15) is 0 Å². The average molecular weight is 220 g/mol. The molecule has 0 bridgehead atoms. The van der Waals surface area contributed by atoms with E-state index in [9.17, 15) is 0 Å². The molecule has 0 unspecified atom stereocenters. The molecule has 0 aliphatic rings. The molecule has 90 valence electrons. The number of rotatable bonds is 5. The van der Waals surface area contributed by atoms with E-state index in [1.807, 2.05) is 0 Å². The normalized spacial score (nSPS) is 11.2. The summed E-state index contributed by atoms with van der Waals surface area (Å²) in [4.78, 5) is 0. The second-order valence-corrected chi connectivity index (χ2v) is 5.27. The van der Waals surface area contributed by atoms with Crippen molar-refractivity contribution in [3.05, 3.63) is 29.3 Å². The van der Waals surface area contributed by atoms with Gasteiger partial charge in [-0.3, -0.25) is 0 Å². The Balaban J connectivity index is 2.65. The molecule has 1 rings (SSSR count). The third kappa shape index (κ3) is 4.26. The monoisotopic (exact) mass is 220 g/mol. The lowest BCUT2D eigenvalue weighted by atomic mass is 10.0. The van der Waals surface area contributed by atoms with Gasteiger partial charge in [0.2, 0.25) is 0 Å². The van der Waals surface area contributed by atoms with Crippen LogP contribution in [-0.2, 0) is 0 Å². The maximum atomic E-state index is 5.79. The summed E-state index contributed by atoms with van der Waals surface area (Å²) in [5, 5.41) is 0.